The Hall–Kier alpha value is -0.360. The third-order valence-corrected chi connectivity index (χ3v) is 8.28. The largest absolute Gasteiger partial charge is 0.456 e. The van der Waals surface area contributed by atoms with Crippen molar-refractivity contribution < 1.29 is 4.74 Å². The summed E-state index contributed by atoms with van der Waals surface area (Å²) in [7, 11) is 0. The monoisotopic (exact) mass is 702 g/mol. The van der Waals surface area contributed by atoms with Crippen molar-refractivity contribution in [2.45, 2.75) is 73.7 Å². The molecule has 0 N–H and O–H groups in total. The highest BCUT2D eigenvalue weighted by Gasteiger charge is 2.27. The van der Waals surface area contributed by atoms with Crippen molar-refractivity contribution >= 4 is 75.2 Å². The Labute approximate surface area is 234 Å². The highest BCUT2D eigenvalue weighted by Crippen LogP contribution is 2.41. The standard InChI is InChI=1S/C28H34Br4O/c1-17(25(29)30)23(19-13-9-11-15-21(19)27(3,4)5)33-24(18(2)26(31)32)20-14-10-12-16-22(20)28(6,7)8/h9-16,25-26H,1-8H3. The number of benzene rings is 2. The number of hydrogen-bond donors (Lipinski definition) is 0. The van der Waals surface area contributed by atoms with Crippen LogP contribution in [0.3, 0.4) is 0 Å². The molecular weight excluding hydrogens is 672 g/mol. The van der Waals surface area contributed by atoms with Gasteiger partial charge in [-0.1, -0.05) is 154 Å². The van der Waals surface area contributed by atoms with Crippen molar-refractivity contribution in [3.63, 3.8) is 0 Å². The summed E-state index contributed by atoms with van der Waals surface area (Å²) in [4.78, 5) is 0. The second kappa shape index (κ2) is 11.6. The topological polar surface area (TPSA) is 9.23 Å². The van der Waals surface area contributed by atoms with Crippen LogP contribution in [0.1, 0.15) is 77.6 Å². The van der Waals surface area contributed by atoms with E-state index >= 15 is 0 Å². The van der Waals surface area contributed by atoms with E-state index in [1.165, 1.54) is 11.1 Å². The Morgan fingerprint density at radius 2 is 0.909 bits per heavy atom. The molecule has 0 radical (unpaired) electrons. The first kappa shape index (κ1) is 28.9. The van der Waals surface area contributed by atoms with E-state index in [9.17, 15) is 0 Å². The number of hydrogen-bond acceptors (Lipinski definition) is 1. The average molecular weight is 706 g/mol. The van der Waals surface area contributed by atoms with E-state index in [4.69, 9.17) is 4.74 Å². The van der Waals surface area contributed by atoms with Gasteiger partial charge in [-0.05, 0) is 47.0 Å². The van der Waals surface area contributed by atoms with Crippen LogP contribution in [-0.2, 0) is 15.6 Å². The SMILES string of the molecule is CC(=C(OC(=C(C)C(Br)Br)c1ccccc1C(C)(C)C)c1ccccc1C(C)(C)C)C(Br)Br. The van der Waals surface area contributed by atoms with Gasteiger partial charge >= 0.3 is 0 Å². The normalized spacial score (nSPS) is 14.4. The molecule has 0 fully saturated rings. The zero-order valence-corrected chi connectivity index (χ0v) is 27.0. The van der Waals surface area contributed by atoms with Crippen LogP contribution in [0.5, 0.6) is 0 Å². The lowest BCUT2D eigenvalue weighted by Crippen LogP contribution is -2.17. The summed E-state index contributed by atoms with van der Waals surface area (Å²) >= 11 is 14.9. The summed E-state index contributed by atoms with van der Waals surface area (Å²) in [5, 5.41) is 0. The number of ether oxygens (including phenoxy) is 1. The van der Waals surface area contributed by atoms with Crippen LogP contribution in [0.2, 0.25) is 0 Å². The van der Waals surface area contributed by atoms with E-state index in [2.05, 4.69) is 168 Å². The van der Waals surface area contributed by atoms with Crippen molar-refractivity contribution in [3.8, 4) is 0 Å². The van der Waals surface area contributed by atoms with Gasteiger partial charge in [0.2, 0.25) is 0 Å². The van der Waals surface area contributed by atoms with Gasteiger partial charge in [0.05, 0.1) is 7.47 Å². The smallest absolute Gasteiger partial charge is 0.135 e. The summed E-state index contributed by atoms with van der Waals surface area (Å²) < 4.78 is 6.94. The molecule has 0 saturated heterocycles. The van der Waals surface area contributed by atoms with Crippen LogP contribution in [0.15, 0.2) is 59.7 Å². The Bertz CT molecular complexity index is 951. The van der Waals surface area contributed by atoms with Crippen LogP contribution in [0.25, 0.3) is 11.5 Å². The number of allylic oxidation sites excluding steroid dienone is 2. The van der Waals surface area contributed by atoms with E-state index in [0.717, 1.165) is 33.8 Å². The molecule has 0 heterocycles. The Morgan fingerprint density at radius 3 is 1.18 bits per heavy atom. The average Bonchev–Trinajstić information content (AvgIpc) is 2.72. The quantitative estimate of drug-likeness (QED) is 0.215. The fraction of sp³-hybridized carbons (Fsp3) is 0.429. The van der Waals surface area contributed by atoms with E-state index < -0.39 is 0 Å². The van der Waals surface area contributed by atoms with Gasteiger partial charge in [0.25, 0.3) is 0 Å². The lowest BCUT2D eigenvalue weighted by atomic mass is 9.82. The first-order chi connectivity index (χ1) is 15.2. The summed E-state index contributed by atoms with van der Waals surface area (Å²) in [5.74, 6) is 1.72. The Balaban J connectivity index is 2.86. The highest BCUT2D eigenvalue weighted by molar-refractivity contribution is 9.25. The molecule has 1 nitrogen and oxygen atoms in total. The lowest BCUT2D eigenvalue weighted by molar-refractivity contribution is 0.455. The van der Waals surface area contributed by atoms with Gasteiger partial charge in [0.1, 0.15) is 11.5 Å². The number of rotatable bonds is 6. The van der Waals surface area contributed by atoms with Crippen LogP contribution < -0.4 is 0 Å². The minimum absolute atomic E-state index is 0.0174. The first-order valence-corrected chi connectivity index (χ1v) is 14.7. The maximum absolute atomic E-state index is 6.98. The summed E-state index contributed by atoms with van der Waals surface area (Å²) in [6.45, 7) is 17.6. The molecule has 2 rings (SSSR count). The van der Waals surface area contributed by atoms with Crippen molar-refractivity contribution in [1.29, 1.82) is 0 Å². The summed E-state index contributed by atoms with van der Waals surface area (Å²) in [6.07, 6.45) is 0. The van der Waals surface area contributed by atoms with Crippen LogP contribution >= 0.6 is 63.7 Å². The van der Waals surface area contributed by atoms with Crippen LogP contribution in [0.4, 0.5) is 0 Å². The molecule has 2 aromatic carbocycles. The third kappa shape index (κ3) is 7.32. The molecule has 5 heteroatoms. The second-order valence-electron chi connectivity index (χ2n) is 10.3. The van der Waals surface area contributed by atoms with Crippen LogP contribution in [0, 0.1) is 0 Å². The molecule has 180 valence electrons. The zero-order valence-electron chi connectivity index (χ0n) is 20.7. The maximum atomic E-state index is 6.98. The van der Waals surface area contributed by atoms with Gasteiger partial charge < -0.3 is 4.74 Å². The second-order valence-corrected chi connectivity index (χ2v) is 16.4. The van der Waals surface area contributed by atoms with Gasteiger partial charge in [-0.3, -0.25) is 0 Å². The van der Waals surface area contributed by atoms with Gasteiger partial charge in [-0.25, -0.2) is 0 Å². The van der Waals surface area contributed by atoms with E-state index in [0.29, 0.717) is 0 Å². The van der Waals surface area contributed by atoms with Gasteiger partial charge in [-0.15, -0.1) is 0 Å². The first-order valence-electron chi connectivity index (χ1n) is 11.0. The molecule has 0 amide bonds. The predicted molar refractivity (Wildman–Crippen MR) is 160 cm³/mol. The molecule has 33 heavy (non-hydrogen) atoms. The third-order valence-electron chi connectivity index (χ3n) is 5.53. The molecule has 0 spiro atoms. The Kier molecular flexibility index (Phi) is 10.1. The minimum Gasteiger partial charge on any atom is -0.456 e. The van der Waals surface area contributed by atoms with E-state index in [-0.39, 0.29) is 18.3 Å². The molecule has 0 aliphatic carbocycles. The molecule has 0 aliphatic heterocycles. The van der Waals surface area contributed by atoms with Crippen LogP contribution in [-0.4, -0.2) is 7.47 Å². The molecule has 2 aromatic rings. The van der Waals surface area contributed by atoms with E-state index in [1.807, 2.05) is 0 Å². The molecule has 0 aliphatic rings. The molecule has 0 aromatic heterocycles. The fourth-order valence-electron chi connectivity index (χ4n) is 3.67. The summed E-state index contributed by atoms with van der Waals surface area (Å²) in [6, 6.07) is 17.1. The molecule has 0 atom stereocenters. The Morgan fingerprint density at radius 1 is 0.606 bits per heavy atom. The maximum Gasteiger partial charge on any atom is 0.135 e. The lowest BCUT2D eigenvalue weighted by Gasteiger charge is -2.29. The van der Waals surface area contributed by atoms with Crippen molar-refractivity contribution in [2.75, 3.05) is 0 Å². The number of alkyl halides is 4. The molecule has 0 bridgehead atoms. The zero-order chi connectivity index (χ0) is 25.1. The van der Waals surface area contributed by atoms with Gasteiger partial charge in [0, 0.05) is 11.1 Å². The molecular formula is C28H34Br4O. The van der Waals surface area contributed by atoms with Gasteiger partial charge in [0.15, 0.2) is 0 Å². The molecule has 0 unspecified atom stereocenters. The highest BCUT2D eigenvalue weighted by atomic mass is 79.9. The fourth-order valence-corrected chi connectivity index (χ4v) is 4.50. The molecule has 0 saturated carbocycles. The van der Waals surface area contributed by atoms with Crippen molar-refractivity contribution in [2.24, 2.45) is 0 Å². The summed E-state index contributed by atoms with van der Waals surface area (Å²) in [5.41, 5.74) is 6.78. The van der Waals surface area contributed by atoms with Crippen molar-refractivity contribution in [1.82, 2.24) is 0 Å². The van der Waals surface area contributed by atoms with E-state index in [1.54, 1.807) is 0 Å². The van der Waals surface area contributed by atoms with Gasteiger partial charge in [-0.2, -0.15) is 0 Å². The number of halogens is 4. The predicted octanol–water partition coefficient (Wildman–Crippen LogP) is 10.7. The van der Waals surface area contributed by atoms with Crippen molar-refractivity contribution in [3.05, 3.63) is 81.9 Å². The minimum atomic E-state index is -0.0325.